The maximum atomic E-state index is 12.6. The summed E-state index contributed by atoms with van der Waals surface area (Å²) < 4.78 is 37.8. The van der Waals surface area contributed by atoms with Gasteiger partial charge in [0.2, 0.25) is 5.16 Å². The monoisotopic (exact) mass is 302 g/mol. The first-order valence-corrected chi connectivity index (χ1v) is 6.79. The molecule has 0 saturated heterocycles. The molecular weight excluding hydrogens is 289 g/mol. The lowest BCUT2D eigenvalue weighted by atomic mass is 10.1. The van der Waals surface area contributed by atoms with Crippen LogP contribution in [0.25, 0.3) is 0 Å². The lowest BCUT2D eigenvalue weighted by Crippen LogP contribution is -2.14. The molecule has 0 aliphatic rings. The molecule has 0 saturated carbocycles. The highest BCUT2D eigenvalue weighted by molar-refractivity contribution is 7.99. The van der Waals surface area contributed by atoms with E-state index in [-0.39, 0.29) is 0 Å². The fraction of sp³-hybridized carbons (Fsp3) is 0.333. The molecule has 20 heavy (non-hydrogen) atoms. The molecule has 0 aliphatic carbocycles. The Kier molecular flexibility index (Phi) is 4.34. The Balaban J connectivity index is 2.03. The minimum atomic E-state index is -4.36. The van der Waals surface area contributed by atoms with E-state index in [1.165, 1.54) is 17.8 Å². The summed E-state index contributed by atoms with van der Waals surface area (Å²) in [6.07, 6.45) is -4.36. The van der Waals surface area contributed by atoms with Crippen molar-refractivity contribution >= 4 is 11.8 Å². The maximum absolute atomic E-state index is 12.6. The average molecular weight is 302 g/mol. The summed E-state index contributed by atoms with van der Waals surface area (Å²) in [5.74, 6) is 1.08. The van der Waals surface area contributed by atoms with E-state index in [4.69, 9.17) is 5.73 Å². The summed E-state index contributed by atoms with van der Waals surface area (Å²) >= 11 is 1.30. The van der Waals surface area contributed by atoms with Gasteiger partial charge in [-0.05, 0) is 24.6 Å². The van der Waals surface area contributed by atoms with E-state index in [0.29, 0.717) is 22.3 Å². The van der Waals surface area contributed by atoms with Crippen molar-refractivity contribution in [3.8, 4) is 0 Å². The van der Waals surface area contributed by atoms with Crippen LogP contribution in [0.2, 0.25) is 0 Å². The van der Waals surface area contributed by atoms with E-state index in [1.807, 2.05) is 0 Å². The van der Waals surface area contributed by atoms with Crippen LogP contribution in [0.3, 0.4) is 0 Å². The molecule has 4 nitrogen and oxygen atoms in total. The zero-order chi connectivity index (χ0) is 14.8. The SMILES string of the molecule is Cc1nc(SCC(N)c2cccc(C(F)(F)F)c2)n[nH]1. The molecule has 1 aromatic carbocycles. The van der Waals surface area contributed by atoms with Crippen molar-refractivity contribution in [1.82, 2.24) is 15.2 Å². The molecule has 1 unspecified atom stereocenters. The minimum Gasteiger partial charge on any atom is -0.323 e. The number of nitrogens with one attached hydrogen (secondary N) is 1. The number of thioether (sulfide) groups is 1. The van der Waals surface area contributed by atoms with Crippen LogP contribution >= 0.6 is 11.8 Å². The van der Waals surface area contributed by atoms with Crippen LogP contribution < -0.4 is 5.73 Å². The number of nitrogens with two attached hydrogens (primary N) is 1. The van der Waals surface area contributed by atoms with Gasteiger partial charge in [0.1, 0.15) is 5.82 Å². The Hall–Kier alpha value is -1.54. The number of benzene rings is 1. The van der Waals surface area contributed by atoms with Crippen molar-refractivity contribution in [2.45, 2.75) is 24.3 Å². The van der Waals surface area contributed by atoms with Gasteiger partial charge in [-0.1, -0.05) is 23.9 Å². The average Bonchev–Trinajstić information content (AvgIpc) is 2.81. The number of aromatic nitrogens is 3. The summed E-state index contributed by atoms with van der Waals surface area (Å²) in [7, 11) is 0. The maximum Gasteiger partial charge on any atom is 0.416 e. The van der Waals surface area contributed by atoms with Gasteiger partial charge in [-0.15, -0.1) is 5.10 Å². The predicted molar refractivity (Wildman–Crippen MR) is 70.2 cm³/mol. The normalized spacial score (nSPS) is 13.4. The highest BCUT2D eigenvalue weighted by Crippen LogP contribution is 2.31. The number of nitrogens with zero attached hydrogens (tertiary/aromatic N) is 2. The van der Waals surface area contributed by atoms with E-state index < -0.39 is 17.8 Å². The molecule has 0 bridgehead atoms. The third-order valence-corrected chi connectivity index (χ3v) is 3.58. The first-order valence-electron chi connectivity index (χ1n) is 5.81. The third kappa shape index (κ3) is 3.73. The molecular formula is C12H13F3N4S. The molecule has 0 aliphatic heterocycles. The summed E-state index contributed by atoms with van der Waals surface area (Å²) in [6.45, 7) is 1.77. The largest absolute Gasteiger partial charge is 0.416 e. The van der Waals surface area contributed by atoms with Crippen molar-refractivity contribution in [3.63, 3.8) is 0 Å². The number of hydrogen-bond acceptors (Lipinski definition) is 4. The molecule has 0 spiro atoms. The van der Waals surface area contributed by atoms with Gasteiger partial charge in [0.15, 0.2) is 0 Å². The van der Waals surface area contributed by atoms with Gasteiger partial charge in [-0.2, -0.15) is 13.2 Å². The second kappa shape index (κ2) is 5.84. The summed E-state index contributed by atoms with van der Waals surface area (Å²) in [5, 5.41) is 7.15. The van der Waals surface area contributed by atoms with Crippen LogP contribution in [0.1, 0.15) is 23.0 Å². The molecule has 1 atom stereocenters. The molecule has 1 heterocycles. The molecule has 1 aromatic heterocycles. The first kappa shape index (κ1) is 14.9. The van der Waals surface area contributed by atoms with Crippen LogP contribution in [-0.4, -0.2) is 20.9 Å². The Morgan fingerprint density at radius 2 is 2.15 bits per heavy atom. The van der Waals surface area contributed by atoms with Crippen LogP contribution in [0, 0.1) is 6.92 Å². The molecule has 0 radical (unpaired) electrons. The highest BCUT2D eigenvalue weighted by atomic mass is 32.2. The summed E-state index contributed by atoms with van der Waals surface area (Å²) in [4.78, 5) is 4.09. The molecule has 0 fully saturated rings. The summed E-state index contributed by atoms with van der Waals surface area (Å²) in [5.41, 5.74) is 5.66. The zero-order valence-electron chi connectivity index (χ0n) is 10.6. The Bertz CT molecular complexity index is 582. The Morgan fingerprint density at radius 3 is 2.75 bits per heavy atom. The van der Waals surface area contributed by atoms with Crippen molar-refractivity contribution in [1.29, 1.82) is 0 Å². The van der Waals surface area contributed by atoms with Crippen LogP contribution in [-0.2, 0) is 6.18 Å². The lowest BCUT2D eigenvalue weighted by Gasteiger charge is -2.13. The van der Waals surface area contributed by atoms with E-state index >= 15 is 0 Å². The molecule has 0 amide bonds. The summed E-state index contributed by atoms with van der Waals surface area (Å²) in [6, 6.07) is 4.54. The number of H-pyrrole nitrogens is 1. The number of aryl methyl sites for hydroxylation is 1. The van der Waals surface area contributed by atoms with Gasteiger partial charge in [0.25, 0.3) is 0 Å². The number of hydrogen-bond donors (Lipinski definition) is 2. The molecule has 2 rings (SSSR count). The minimum absolute atomic E-state index is 0.401. The highest BCUT2D eigenvalue weighted by Gasteiger charge is 2.30. The van der Waals surface area contributed by atoms with Crippen molar-refractivity contribution < 1.29 is 13.2 Å². The fourth-order valence-electron chi connectivity index (χ4n) is 1.59. The van der Waals surface area contributed by atoms with Crippen molar-refractivity contribution in [2.75, 3.05) is 5.75 Å². The number of halogens is 3. The van der Waals surface area contributed by atoms with E-state index in [0.717, 1.165) is 12.1 Å². The van der Waals surface area contributed by atoms with Gasteiger partial charge in [0, 0.05) is 11.8 Å². The van der Waals surface area contributed by atoms with Crippen LogP contribution in [0.5, 0.6) is 0 Å². The molecule has 2 aromatic rings. The topological polar surface area (TPSA) is 67.6 Å². The molecule has 3 N–H and O–H groups in total. The van der Waals surface area contributed by atoms with Gasteiger partial charge in [-0.25, -0.2) is 4.98 Å². The molecule has 8 heteroatoms. The zero-order valence-corrected chi connectivity index (χ0v) is 11.4. The van der Waals surface area contributed by atoms with Crippen molar-refractivity contribution in [2.24, 2.45) is 5.73 Å². The Labute approximate surface area is 118 Å². The van der Waals surface area contributed by atoms with Crippen LogP contribution in [0.15, 0.2) is 29.4 Å². The third-order valence-electron chi connectivity index (χ3n) is 2.61. The van der Waals surface area contributed by atoms with E-state index in [2.05, 4.69) is 15.2 Å². The van der Waals surface area contributed by atoms with Gasteiger partial charge in [0.05, 0.1) is 5.56 Å². The first-order chi connectivity index (χ1) is 9.36. The predicted octanol–water partition coefficient (Wildman–Crippen LogP) is 2.92. The number of alkyl halides is 3. The Morgan fingerprint density at radius 1 is 1.40 bits per heavy atom. The standard InChI is InChI=1S/C12H13F3N4S/c1-7-17-11(19-18-7)20-6-10(16)8-3-2-4-9(5-8)12(13,14)15/h2-5,10H,6,16H2,1H3,(H,17,18,19). The van der Waals surface area contributed by atoms with Gasteiger partial charge in [-0.3, -0.25) is 5.10 Å². The van der Waals surface area contributed by atoms with E-state index in [9.17, 15) is 13.2 Å². The van der Waals surface area contributed by atoms with E-state index in [1.54, 1.807) is 13.0 Å². The van der Waals surface area contributed by atoms with Gasteiger partial charge < -0.3 is 5.73 Å². The molecule has 108 valence electrons. The second-order valence-corrected chi connectivity index (χ2v) is 5.23. The smallest absolute Gasteiger partial charge is 0.323 e. The quantitative estimate of drug-likeness (QED) is 0.852. The number of aromatic amines is 1. The second-order valence-electron chi connectivity index (χ2n) is 4.24. The number of rotatable bonds is 4. The lowest BCUT2D eigenvalue weighted by molar-refractivity contribution is -0.137. The van der Waals surface area contributed by atoms with Gasteiger partial charge >= 0.3 is 6.18 Å². The van der Waals surface area contributed by atoms with Crippen molar-refractivity contribution in [3.05, 3.63) is 41.2 Å². The van der Waals surface area contributed by atoms with Crippen LogP contribution in [0.4, 0.5) is 13.2 Å². The fourth-order valence-corrected chi connectivity index (χ4v) is 2.43.